The third-order valence-corrected chi connectivity index (χ3v) is 2.17. The number of hydrogen-bond donors (Lipinski definition) is 0. The molecule has 0 saturated heterocycles. The van der Waals surface area contributed by atoms with Crippen molar-refractivity contribution < 1.29 is 52.1 Å². The molecule has 5 nitrogen and oxygen atoms in total. The minimum atomic E-state index is -4.59. The van der Waals surface area contributed by atoms with E-state index in [4.69, 9.17) is 0 Å². The van der Waals surface area contributed by atoms with Crippen molar-refractivity contribution in [3.05, 3.63) is 12.7 Å². The Bertz CT molecular complexity index is 271. The molecule has 1 unspecified atom stereocenters. The summed E-state index contributed by atoms with van der Waals surface area (Å²) in [5, 5.41) is -1.66. The Morgan fingerprint density at radius 2 is 2.15 bits per heavy atom. The summed E-state index contributed by atoms with van der Waals surface area (Å²) in [5.41, 5.74) is 0. The molecule has 0 aromatic rings. The van der Waals surface area contributed by atoms with Crippen molar-refractivity contribution in [1.82, 2.24) is 0 Å². The van der Waals surface area contributed by atoms with Gasteiger partial charge in [-0.05, 0) is 6.92 Å². The average Bonchev–Trinajstić information content (AvgIpc) is 1.97. The topological polar surface area (TPSA) is 83.5 Å². The van der Waals surface area contributed by atoms with E-state index >= 15 is 0 Å². The molecule has 0 bridgehead atoms. The maximum absolute atomic E-state index is 10.7. The van der Waals surface area contributed by atoms with Crippen LogP contribution in [0.15, 0.2) is 12.7 Å². The molecule has 1 atom stereocenters. The molecule has 0 aromatic heterocycles. The zero-order valence-electron chi connectivity index (χ0n) is 7.52. The van der Waals surface area contributed by atoms with Crippen molar-refractivity contribution in [3.63, 3.8) is 0 Å². The molecule has 0 aromatic carbocycles. The van der Waals surface area contributed by atoms with Crippen LogP contribution < -0.4 is 29.6 Å². The molecule has 0 spiro atoms. The predicted molar refractivity (Wildman–Crippen MR) is 40.3 cm³/mol. The quantitative estimate of drug-likeness (QED) is 0.212. The fourth-order valence-corrected chi connectivity index (χ4v) is 0.680. The zero-order valence-corrected chi connectivity index (χ0v) is 10.3. The summed E-state index contributed by atoms with van der Waals surface area (Å²) in [5.74, 6) is -1.05. The van der Waals surface area contributed by atoms with Crippen LogP contribution in [0, 0.1) is 0 Å². The van der Waals surface area contributed by atoms with Crippen LogP contribution in [0.25, 0.3) is 0 Å². The fraction of sp³-hybridized carbons (Fsp3) is 0.500. The number of ether oxygens (including phenoxy) is 1. The SMILES string of the molecule is C=CCOC(=O)C(C)S(=O)(=O)[O-].[Na+]. The predicted octanol–water partition coefficient (Wildman–Crippen LogP) is -3.35. The van der Waals surface area contributed by atoms with Gasteiger partial charge in [-0.25, -0.2) is 8.42 Å². The van der Waals surface area contributed by atoms with E-state index in [1.54, 1.807) is 0 Å². The van der Waals surface area contributed by atoms with Gasteiger partial charge in [-0.1, -0.05) is 12.7 Å². The molecule has 70 valence electrons. The normalized spacial score (nSPS) is 12.5. The van der Waals surface area contributed by atoms with E-state index in [1.807, 2.05) is 0 Å². The molecule has 7 heteroatoms. The van der Waals surface area contributed by atoms with E-state index in [0.29, 0.717) is 0 Å². The molecule has 0 radical (unpaired) electrons. The van der Waals surface area contributed by atoms with Crippen molar-refractivity contribution in [1.29, 1.82) is 0 Å². The van der Waals surface area contributed by atoms with Crippen LogP contribution in [-0.4, -0.2) is 30.8 Å². The minimum Gasteiger partial charge on any atom is -0.747 e. The van der Waals surface area contributed by atoms with E-state index in [1.165, 1.54) is 6.08 Å². The Balaban J connectivity index is 0. The molecule has 0 saturated carbocycles. The Morgan fingerprint density at radius 1 is 1.69 bits per heavy atom. The van der Waals surface area contributed by atoms with Gasteiger partial charge in [-0.3, -0.25) is 4.79 Å². The molecule has 0 fully saturated rings. The summed E-state index contributed by atoms with van der Waals surface area (Å²) in [6.07, 6.45) is 1.28. The monoisotopic (exact) mass is 216 g/mol. The summed E-state index contributed by atoms with van der Waals surface area (Å²) in [4.78, 5) is 10.7. The first-order valence-electron chi connectivity index (χ1n) is 3.12. The first-order chi connectivity index (χ1) is 5.39. The van der Waals surface area contributed by atoms with Gasteiger partial charge in [0.05, 0.1) is 0 Å². The van der Waals surface area contributed by atoms with Gasteiger partial charge in [0.15, 0.2) is 0 Å². The molecule has 0 N–H and O–H groups in total. The third-order valence-electron chi connectivity index (χ3n) is 1.11. The summed E-state index contributed by atoms with van der Waals surface area (Å²) < 4.78 is 35.1. The number of rotatable bonds is 4. The Kier molecular flexibility index (Phi) is 7.86. The van der Waals surface area contributed by atoms with Gasteiger partial charge in [0.1, 0.15) is 22.0 Å². The van der Waals surface area contributed by atoms with Gasteiger partial charge in [0.25, 0.3) is 0 Å². The van der Waals surface area contributed by atoms with Crippen LogP contribution in [0.1, 0.15) is 6.92 Å². The van der Waals surface area contributed by atoms with Crippen molar-refractivity contribution in [2.75, 3.05) is 6.61 Å². The second kappa shape index (κ2) is 6.56. The summed E-state index contributed by atoms with van der Waals surface area (Å²) >= 11 is 0. The van der Waals surface area contributed by atoms with Crippen LogP contribution in [0.5, 0.6) is 0 Å². The van der Waals surface area contributed by atoms with E-state index in [9.17, 15) is 17.8 Å². The maximum atomic E-state index is 10.7. The molecule has 0 amide bonds. The van der Waals surface area contributed by atoms with Crippen molar-refractivity contribution >= 4 is 16.1 Å². The molecule has 0 aliphatic rings. The molecular weight excluding hydrogens is 207 g/mol. The molecule has 0 aliphatic carbocycles. The molecule has 0 heterocycles. The van der Waals surface area contributed by atoms with Gasteiger partial charge in [0.2, 0.25) is 0 Å². The third kappa shape index (κ3) is 6.23. The van der Waals surface area contributed by atoms with Crippen LogP contribution in [-0.2, 0) is 19.6 Å². The van der Waals surface area contributed by atoms with Crippen LogP contribution >= 0.6 is 0 Å². The Morgan fingerprint density at radius 3 is 2.46 bits per heavy atom. The zero-order chi connectivity index (χ0) is 9.78. The number of carbonyl (C=O) groups excluding carboxylic acids is 1. The first kappa shape index (κ1) is 15.6. The average molecular weight is 216 g/mol. The second-order valence-corrected chi connectivity index (χ2v) is 3.75. The van der Waals surface area contributed by atoms with Gasteiger partial charge < -0.3 is 9.29 Å². The number of carbonyl (C=O) groups is 1. The number of hydrogen-bond acceptors (Lipinski definition) is 5. The molecule has 0 aliphatic heterocycles. The van der Waals surface area contributed by atoms with Crippen LogP contribution in [0.2, 0.25) is 0 Å². The van der Waals surface area contributed by atoms with Gasteiger partial charge in [-0.2, -0.15) is 0 Å². The molecular formula is C6H9NaO5S. The van der Waals surface area contributed by atoms with E-state index in [-0.39, 0.29) is 36.2 Å². The van der Waals surface area contributed by atoms with Crippen molar-refractivity contribution in [2.45, 2.75) is 12.2 Å². The molecule has 13 heavy (non-hydrogen) atoms. The van der Waals surface area contributed by atoms with Crippen LogP contribution in [0.4, 0.5) is 0 Å². The smallest absolute Gasteiger partial charge is 0.747 e. The largest absolute Gasteiger partial charge is 1.00 e. The fourth-order valence-electron chi connectivity index (χ4n) is 0.376. The summed E-state index contributed by atoms with van der Waals surface area (Å²) in [7, 11) is -4.59. The Hall–Kier alpha value is 0.120. The van der Waals surface area contributed by atoms with Crippen molar-refractivity contribution in [3.8, 4) is 0 Å². The first-order valence-corrected chi connectivity index (χ1v) is 4.59. The van der Waals surface area contributed by atoms with Crippen molar-refractivity contribution in [2.24, 2.45) is 0 Å². The van der Waals surface area contributed by atoms with Gasteiger partial charge in [0, 0.05) is 0 Å². The van der Waals surface area contributed by atoms with E-state index in [0.717, 1.165) is 6.92 Å². The Labute approximate surface area is 99.2 Å². The second-order valence-electron chi connectivity index (χ2n) is 2.05. The molecule has 0 rings (SSSR count). The summed E-state index contributed by atoms with van der Waals surface area (Å²) in [6, 6.07) is 0. The minimum absolute atomic E-state index is 0. The van der Waals surface area contributed by atoms with Gasteiger partial charge in [-0.15, -0.1) is 0 Å². The number of esters is 1. The van der Waals surface area contributed by atoms with Gasteiger partial charge >= 0.3 is 35.5 Å². The van der Waals surface area contributed by atoms with E-state index < -0.39 is 21.3 Å². The maximum Gasteiger partial charge on any atom is 1.00 e. The summed E-state index contributed by atoms with van der Waals surface area (Å²) in [6.45, 7) is 4.13. The standard InChI is InChI=1S/C6H10O5S.Na/c1-3-4-11-6(7)5(2)12(8,9)10;/h3,5H,1,4H2,2H3,(H,8,9,10);/q;+1/p-1. The van der Waals surface area contributed by atoms with Crippen LogP contribution in [0.3, 0.4) is 0 Å². The van der Waals surface area contributed by atoms with E-state index in [2.05, 4.69) is 11.3 Å².